The van der Waals surface area contributed by atoms with E-state index in [9.17, 15) is 22.6 Å². The number of amides is 2. The van der Waals surface area contributed by atoms with Gasteiger partial charge in [-0.1, -0.05) is 0 Å². The molecule has 0 radical (unpaired) electrons. The molecular formula is C8H13N2O5S-. The van der Waals surface area contributed by atoms with Gasteiger partial charge in [0.25, 0.3) is 0 Å². The molecule has 92 valence electrons. The average molecular weight is 249 g/mol. The lowest BCUT2D eigenvalue weighted by molar-refractivity contribution is -0.140. The van der Waals surface area contributed by atoms with Crippen molar-refractivity contribution in [3.8, 4) is 0 Å². The lowest BCUT2D eigenvalue weighted by Crippen LogP contribution is -2.57. The predicted molar refractivity (Wildman–Crippen MR) is 52.8 cm³/mol. The van der Waals surface area contributed by atoms with Crippen LogP contribution in [0.3, 0.4) is 0 Å². The molecule has 0 aliphatic carbocycles. The Hall–Kier alpha value is -1.15. The molecule has 1 aliphatic heterocycles. The van der Waals surface area contributed by atoms with E-state index in [1.165, 1.54) is 6.92 Å². The van der Waals surface area contributed by atoms with Crippen LogP contribution in [0.5, 0.6) is 0 Å². The molecule has 0 spiro atoms. The summed E-state index contributed by atoms with van der Waals surface area (Å²) < 4.78 is 32.4. The van der Waals surface area contributed by atoms with Crippen LogP contribution in [0.25, 0.3) is 0 Å². The number of hydrogen-bond acceptors (Lipinski definition) is 5. The van der Waals surface area contributed by atoms with Crippen LogP contribution in [-0.4, -0.2) is 41.7 Å². The summed E-state index contributed by atoms with van der Waals surface area (Å²) in [5.41, 5.74) is 0. The summed E-state index contributed by atoms with van der Waals surface area (Å²) >= 11 is 0. The number of carbonyl (C=O) groups is 2. The van der Waals surface area contributed by atoms with Crippen LogP contribution >= 0.6 is 0 Å². The van der Waals surface area contributed by atoms with Crippen LogP contribution < -0.4 is 5.32 Å². The summed E-state index contributed by atoms with van der Waals surface area (Å²) in [7, 11) is -4.78. The van der Waals surface area contributed by atoms with Crippen molar-refractivity contribution >= 4 is 22.1 Å². The van der Waals surface area contributed by atoms with Crippen LogP contribution in [0.15, 0.2) is 0 Å². The number of rotatable bonds is 4. The Kier molecular flexibility index (Phi) is 3.54. The van der Waals surface area contributed by atoms with E-state index in [2.05, 4.69) is 5.32 Å². The topological polar surface area (TPSA) is 107 Å². The van der Waals surface area contributed by atoms with Crippen molar-refractivity contribution in [2.24, 2.45) is 5.92 Å². The van der Waals surface area contributed by atoms with E-state index in [-0.39, 0.29) is 29.2 Å². The van der Waals surface area contributed by atoms with Crippen molar-refractivity contribution in [1.29, 1.82) is 0 Å². The van der Waals surface area contributed by atoms with Crippen LogP contribution in [-0.2, 0) is 19.9 Å². The van der Waals surface area contributed by atoms with Gasteiger partial charge < -0.3 is 9.87 Å². The molecule has 1 saturated heterocycles. The molecule has 1 N–H and O–H groups in total. The monoisotopic (exact) mass is 249 g/mol. The first-order valence-electron chi connectivity index (χ1n) is 4.84. The van der Waals surface area contributed by atoms with Gasteiger partial charge in [0, 0.05) is 19.0 Å². The van der Waals surface area contributed by atoms with Crippen molar-refractivity contribution in [1.82, 2.24) is 9.62 Å². The Labute approximate surface area is 93.7 Å². The Bertz CT molecular complexity index is 405. The smallest absolute Gasteiger partial charge is 0.236 e. The third-order valence-electron chi connectivity index (χ3n) is 2.54. The van der Waals surface area contributed by atoms with Crippen molar-refractivity contribution in [3.63, 3.8) is 0 Å². The maximum Gasteiger partial charge on any atom is 0.236 e. The van der Waals surface area contributed by atoms with Gasteiger partial charge >= 0.3 is 0 Å². The van der Waals surface area contributed by atoms with Gasteiger partial charge in [-0.2, -0.15) is 0 Å². The molecule has 8 heteroatoms. The molecule has 16 heavy (non-hydrogen) atoms. The maximum absolute atomic E-state index is 11.5. The minimum atomic E-state index is -4.78. The van der Waals surface area contributed by atoms with Crippen molar-refractivity contribution in [2.45, 2.75) is 26.3 Å². The largest absolute Gasteiger partial charge is 0.731 e. The molecule has 1 rings (SSSR count). The lowest BCUT2D eigenvalue weighted by atomic mass is 9.88. The van der Waals surface area contributed by atoms with Crippen LogP contribution in [0.4, 0.5) is 0 Å². The summed E-state index contributed by atoms with van der Waals surface area (Å²) in [5.74, 6) is -1.66. The van der Waals surface area contributed by atoms with E-state index in [0.717, 1.165) is 0 Å². The fourth-order valence-corrected chi connectivity index (χ4v) is 2.22. The highest BCUT2D eigenvalue weighted by Gasteiger charge is 2.38. The molecule has 1 fully saturated rings. The van der Waals surface area contributed by atoms with Crippen molar-refractivity contribution in [2.75, 3.05) is 6.54 Å². The highest BCUT2D eigenvalue weighted by molar-refractivity contribution is 7.83. The van der Waals surface area contributed by atoms with E-state index in [4.69, 9.17) is 0 Å². The molecule has 0 aromatic heterocycles. The Balaban J connectivity index is 2.68. The molecule has 0 aromatic carbocycles. The van der Waals surface area contributed by atoms with E-state index in [0.29, 0.717) is 0 Å². The molecular weight excluding hydrogens is 236 g/mol. The van der Waals surface area contributed by atoms with Gasteiger partial charge in [-0.3, -0.25) is 9.59 Å². The molecule has 0 bridgehead atoms. The second-order valence-corrected chi connectivity index (χ2v) is 4.92. The van der Waals surface area contributed by atoms with E-state index in [1.54, 1.807) is 6.92 Å². The zero-order chi connectivity index (χ0) is 12.5. The quantitative estimate of drug-likeness (QED) is 0.498. The minimum absolute atomic E-state index is 0.162. The summed E-state index contributed by atoms with van der Waals surface area (Å²) in [4.78, 5) is 22.5. The molecule has 2 unspecified atom stereocenters. The molecule has 1 aliphatic rings. The first-order chi connectivity index (χ1) is 7.27. The number of β-lactam (4-membered cyclic amide) rings is 1. The summed E-state index contributed by atoms with van der Waals surface area (Å²) in [6, 6.07) is -0.162. The summed E-state index contributed by atoms with van der Waals surface area (Å²) in [5, 5.41) is 2.52. The van der Waals surface area contributed by atoms with Gasteiger partial charge in [0.2, 0.25) is 11.8 Å². The highest BCUT2D eigenvalue weighted by atomic mass is 32.2. The van der Waals surface area contributed by atoms with Gasteiger partial charge in [-0.25, -0.2) is 12.7 Å². The van der Waals surface area contributed by atoms with E-state index >= 15 is 0 Å². The van der Waals surface area contributed by atoms with E-state index < -0.39 is 22.1 Å². The summed E-state index contributed by atoms with van der Waals surface area (Å²) in [6.45, 7) is 2.88. The third kappa shape index (κ3) is 2.50. The SMILES string of the molecule is CCN(C(=O)CC1C(=O)NC1C)S(=O)(=O)[O-]. The number of nitrogens with zero attached hydrogens (tertiary/aromatic N) is 1. The average Bonchev–Trinajstić information content (AvgIpc) is 2.13. The Morgan fingerprint density at radius 1 is 1.56 bits per heavy atom. The van der Waals surface area contributed by atoms with E-state index in [1.807, 2.05) is 0 Å². The zero-order valence-electron chi connectivity index (χ0n) is 8.97. The van der Waals surface area contributed by atoms with Gasteiger partial charge in [-0.05, 0) is 13.8 Å². The number of carbonyl (C=O) groups excluding carboxylic acids is 2. The normalized spacial score (nSPS) is 24.6. The number of nitrogens with one attached hydrogen (secondary N) is 1. The minimum Gasteiger partial charge on any atom is -0.731 e. The van der Waals surface area contributed by atoms with Gasteiger partial charge in [0.15, 0.2) is 10.3 Å². The molecule has 0 aromatic rings. The van der Waals surface area contributed by atoms with Crippen LogP contribution in [0.2, 0.25) is 0 Å². The molecule has 0 saturated carbocycles. The molecule has 2 atom stereocenters. The fourth-order valence-electron chi connectivity index (χ4n) is 1.58. The first kappa shape index (κ1) is 12.9. The molecule has 1 heterocycles. The second-order valence-electron chi connectivity index (χ2n) is 3.62. The molecule has 2 amide bonds. The molecule has 7 nitrogen and oxygen atoms in total. The van der Waals surface area contributed by atoms with Crippen LogP contribution in [0.1, 0.15) is 20.3 Å². The predicted octanol–water partition coefficient (Wildman–Crippen LogP) is -1.18. The second kappa shape index (κ2) is 4.38. The van der Waals surface area contributed by atoms with Gasteiger partial charge in [-0.15, -0.1) is 0 Å². The summed E-state index contributed by atoms with van der Waals surface area (Å²) in [6.07, 6.45) is -0.248. The first-order valence-corrected chi connectivity index (χ1v) is 6.20. The zero-order valence-corrected chi connectivity index (χ0v) is 9.78. The van der Waals surface area contributed by atoms with Gasteiger partial charge in [0.1, 0.15) is 0 Å². The Morgan fingerprint density at radius 3 is 2.44 bits per heavy atom. The van der Waals surface area contributed by atoms with Crippen molar-refractivity contribution in [3.05, 3.63) is 0 Å². The highest BCUT2D eigenvalue weighted by Crippen LogP contribution is 2.20. The maximum atomic E-state index is 11.5. The fraction of sp³-hybridized carbons (Fsp3) is 0.750. The Morgan fingerprint density at radius 2 is 2.12 bits per heavy atom. The van der Waals surface area contributed by atoms with Gasteiger partial charge in [0.05, 0.1) is 5.92 Å². The lowest BCUT2D eigenvalue weighted by Gasteiger charge is -2.35. The third-order valence-corrected chi connectivity index (χ3v) is 3.54. The standard InChI is InChI=1S/C8H14N2O5S/c1-3-10(16(13,14)15)7(11)4-6-5(2)9-8(6)12/h5-6H,3-4H2,1-2H3,(H,9,12)(H,13,14,15)/p-1. The van der Waals surface area contributed by atoms with Crippen molar-refractivity contribution < 1.29 is 22.6 Å². The van der Waals surface area contributed by atoms with Crippen LogP contribution in [0, 0.1) is 5.92 Å². The number of hydrogen-bond donors (Lipinski definition) is 1.